The van der Waals surface area contributed by atoms with Gasteiger partial charge in [-0.2, -0.15) is 9.49 Å². The molecule has 1 saturated heterocycles. The molecule has 2 heterocycles. The average Bonchev–Trinajstić information content (AvgIpc) is 3.02. The number of hydrazone groups is 1. The van der Waals surface area contributed by atoms with Gasteiger partial charge in [-0.15, -0.1) is 11.3 Å². The van der Waals surface area contributed by atoms with Gasteiger partial charge in [0.25, 0.3) is 0 Å². The zero-order valence-corrected chi connectivity index (χ0v) is 14.4. The molecule has 7 heteroatoms. The maximum absolute atomic E-state index is 13.0. The van der Waals surface area contributed by atoms with E-state index >= 15 is 0 Å². The van der Waals surface area contributed by atoms with E-state index in [-0.39, 0.29) is 22.8 Å². The van der Waals surface area contributed by atoms with Crippen LogP contribution in [0.15, 0.2) is 41.5 Å². The summed E-state index contributed by atoms with van der Waals surface area (Å²) < 4.78 is 25.9. The molecule has 0 unspecified atom stereocenters. The number of thiophene rings is 1. The molecule has 4 nitrogen and oxygen atoms in total. The molecule has 1 aliphatic heterocycles. The fourth-order valence-corrected chi connectivity index (χ4v) is 3.51. The van der Waals surface area contributed by atoms with Crippen LogP contribution in [0.5, 0.6) is 0 Å². The molecule has 2 aromatic rings. The first-order chi connectivity index (χ1) is 12.1. The van der Waals surface area contributed by atoms with E-state index in [1.807, 2.05) is 0 Å². The molecule has 1 aliphatic rings. The Morgan fingerprint density at radius 1 is 1.28 bits per heavy atom. The van der Waals surface area contributed by atoms with Crippen LogP contribution in [0.4, 0.5) is 8.78 Å². The van der Waals surface area contributed by atoms with Crippen molar-refractivity contribution in [3.63, 3.8) is 0 Å². The first-order valence-corrected chi connectivity index (χ1v) is 8.97. The minimum atomic E-state index is -0.281. The molecule has 25 heavy (non-hydrogen) atoms. The zero-order valence-electron chi connectivity index (χ0n) is 13.6. The summed E-state index contributed by atoms with van der Waals surface area (Å²) in [5, 5.41) is 3.63. The van der Waals surface area contributed by atoms with Crippen molar-refractivity contribution in [2.75, 3.05) is 13.1 Å². The molecule has 1 fully saturated rings. The highest BCUT2D eigenvalue weighted by Gasteiger charge is 2.25. The monoisotopic (exact) mass is 363 g/mol. The van der Waals surface area contributed by atoms with Gasteiger partial charge >= 0.3 is 0 Å². The van der Waals surface area contributed by atoms with E-state index < -0.39 is 0 Å². The number of halogens is 2. The predicted octanol–water partition coefficient (Wildman–Crippen LogP) is 3.39. The first kappa shape index (κ1) is 17.7. The fraction of sp³-hybridized carbons (Fsp3) is 0.333. The second-order valence-electron chi connectivity index (χ2n) is 6.08. The number of hydrogen-bond donors (Lipinski definition) is 1. The van der Waals surface area contributed by atoms with E-state index in [2.05, 4.69) is 15.4 Å². The normalized spacial score (nSPS) is 18.6. The molecule has 0 radical (unpaired) electrons. The maximum atomic E-state index is 13.0. The van der Waals surface area contributed by atoms with Crippen LogP contribution in [0, 0.1) is 16.9 Å². The lowest BCUT2D eigenvalue weighted by molar-refractivity contribution is -0.126. The molecule has 0 spiro atoms. The number of hydrogen-bond acceptors (Lipinski definition) is 4. The van der Waals surface area contributed by atoms with Crippen molar-refractivity contribution in [2.24, 2.45) is 11.0 Å². The van der Waals surface area contributed by atoms with Crippen LogP contribution in [-0.2, 0) is 11.3 Å². The van der Waals surface area contributed by atoms with Crippen LogP contribution in [0.25, 0.3) is 0 Å². The number of amides is 1. The van der Waals surface area contributed by atoms with Crippen molar-refractivity contribution in [3.8, 4) is 0 Å². The average molecular weight is 363 g/mol. The highest BCUT2D eigenvalue weighted by molar-refractivity contribution is 7.12. The fourth-order valence-electron chi connectivity index (χ4n) is 2.91. The molecule has 0 saturated carbocycles. The van der Waals surface area contributed by atoms with Gasteiger partial charge in [-0.25, -0.2) is 9.82 Å². The molecule has 1 amide bonds. The predicted molar refractivity (Wildman–Crippen MR) is 94.4 cm³/mol. The minimum absolute atomic E-state index is 0.128. The van der Waals surface area contributed by atoms with E-state index in [0.29, 0.717) is 18.0 Å². The Balaban J connectivity index is 1.50. The number of piperidine rings is 1. The lowest BCUT2D eigenvalue weighted by Gasteiger charge is -2.31. The van der Waals surface area contributed by atoms with Crippen LogP contribution in [0.1, 0.15) is 23.3 Å². The third-order valence-corrected chi connectivity index (χ3v) is 4.96. The van der Waals surface area contributed by atoms with Gasteiger partial charge in [0.2, 0.25) is 5.91 Å². The summed E-state index contributed by atoms with van der Waals surface area (Å²) in [5.41, 5.74) is 3.57. The van der Waals surface area contributed by atoms with Crippen LogP contribution in [0.3, 0.4) is 0 Å². The molecular weight excluding hydrogens is 344 g/mol. The van der Waals surface area contributed by atoms with Crippen LogP contribution < -0.4 is 5.43 Å². The van der Waals surface area contributed by atoms with Gasteiger partial charge < -0.3 is 0 Å². The number of carbonyl (C=O) groups excluding carboxylic acids is 1. The number of nitrogens with zero attached hydrogens (tertiary/aromatic N) is 2. The number of carbonyl (C=O) groups is 1. The summed E-state index contributed by atoms with van der Waals surface area (Å²) in [6, 6.07) is 9.41. The third-order valence-electron chi connectivity index (χ3n) is 4.16. The van der Waals surface area contributed by atoms with Crippen LogP contribution >= 0.6 is 11.3 Å². The second-order valence-corrected chi connectivity index (χ2v) is 7.14. The van der Waals surface area contributed by atoms with Gasteiger partial charge in [-0.1, -0.05) is 12.1 Å². The van der Waals surface area contributed by atoms with Crippen LogP contribution in [0.2, 0.25) is 0 Å². The van der Waals surface area contributed by atoms with Crippen molar-refractivity contribution in [1.82, 2.24) is 10.3 Å². The smallest absolute Gasteiger partial charge is 0.244 e. The van der Waals surface area contributed by atoms with Crippen molar-refractivity contribution in [1.29, 1.82) is 0 Å². The maximum Gasteiger partial charge on any atom is 0.244 e. The summed E-state index contributed by atoms with van der Waals surface area (Å²) in [6.45, 7) is 2.26. The summed E-state index contributed by atoms with van der Waals surface area (Å²) in [5.74, 6) is -0.508. The minimum Gasteiger partial charge on any atom is -0.298 e. The van der Waals surface area contributed by atoms with Gasteiger partial charge in [0.05, 0.1) is 17.0 Å². The molecule has 1 aromatic heterocycles. The summed E-state index contributed by atoms with van der Waals surface area (Å²) in [6.07, 6.45) is 3.19. The Kier molecular flexibility index (Phi) is 5.88. The highest BCUT2D eigenvalue weighted by atomic mass is 32.1. The first-order valence-electron chi connectivity index (χ1n) is 8.15. The quantitative estimate of drug-likeness (QED) is 0.654. The van der Waals surface area contributed by atoms with E-state index in [1.165, 1.54) is 24.4 Å². The topological polar surface area (TPSA) is 44.7 Å². The van der Waals surface area contributed by atoms with Crippen molar-refractivity contribution >= 4 is 23.5 Å². The molecule has 0 bridgehead atoms. The summed E-state index contributed by atoms with van der Waals surface area (Å²) >= 11 is 0.975. The third kappa shape index (κ3) is 5.17. The zero-order chi connectivity index (χ0) is 17.6. The van der Waals surface area contributed by atoms with E-state index in [1.54, 1.807) is 18.2 Å². The van der Waals surface area contributed by atoms with Gasteiger partial charge in [0, 0.05) is 13.1 Å². The van der Waals surface area contributed by atoms with Gasteiger partial charge in [-0.3, -0.25) is 9.69 Å². The van der Waals surface area contributed by atoms with Crippen LogP contribution in [-0.4, -0.2) is 30.1 Å². The second kappa shape index (κ2) is 8.31. The Morgan fingerprint density at radius 3 is 2.80 bits per heavy atom. The largest absolute Gasteiger partial charge is 0.298 e. The molecular formula is C18H19F2N3OS. The van der Waals surface area contributed by atoms with Gasteiger partial charge in [0.1, 0.15) is 5.82 Å². The standard InChI is InChI=1S/C18H19F2N3OS/c19-15-5-3-13(4-6-15)11-23-9-1-2-14(12-23)18(24)22-21-10-16-7-8-17(20)25-16/h3-8,10,14H,1-2,9,11-12H2,(H,22,24)/b21-10-/t14-/m0/s1. The number of rotatable bonds is 5. The molecule has 1 N–H and O–H groups in total. The number of benzene rings is 1. The highest BCUT2D eigenvalue weighted by Crippen LogP contribution is 2.19. The van der Waals surface area contributed by atoms with Crippen molar-refractivity contribution < 1.29 is 13.6 Å². The van der Waals surface area contributed by atoms with E-state index in [4.69, 9.17) is 0 Å². The molecule has 1 atom stereocenters. The Bertz CT molecular complexity index is 745. The molecule has 132 valence electrons. The van der Waals surface area contributed by atoms with Crippen molar-refractivity contribution in [2.45, 2.75) is 19.4 Å². The Morgan fingerprint density at radius 2 is 2.08 bits per heavy atom. The molecule has 3 rings (SSSR count). The Hall–Kier alpha value is -2.12. The summed E-state index contributed by atoms with van der Waals surface area (Å²) in [4.78, 5) is 15.1. The van der Waals surface area contributed by atoms with Crippen molar-refractivity contribution in [3.05, 3.63) is 57.8 Å². The molecule has 1 aromatic carbocycles. The molecule has 0 aliphatic carbocycles. The van der Waals surface area contributed by atoms with E-state index in [0.717, 1.165) is 36.3 Å². The lowest BCUT2D eigenvalue weighted by atomic mass is 9.97. The van der Waals surface area contributed by atoms with E-state index in [9.17, 15) is 13.6 Å². The van der Waals surface area contributed by atoms with Gasteiger partial charge in [0.15, 0.2) is 5.13 Å². The number of likely N-dealkylation sites (tertiary alicyclic amines) is 1. The Labute approximate surface area is 149 Å². The summed E-state index contributed by atoms with van der Waals surface area (Å²) in [7, 11) is 0. The lowest BCUT2D eigenvalue weighted by Crippen LogP contribution is -2.41. The van der Waals surface area contributed by atoms with Gasteiger partial charge in [-0.05, 0) is 49.2 Å². The SMILES string of the molecule is O=C(N/N=C\c1ccc(F)s1)[C@H]1CCCN(Cc2ccc(F)cc2)C1. The number of nitrogens with one attached hydrogen (secondary N) is 1.